The van der Waals surface area contributed by atoms with Crippen LogP contribution in [0.1, 0.15) is 5.56 Å². The number of thioether (sulfide) groups is 1. The number of nitro groups is 1. The largest absolute Gasteiger partial charge is 0.867 e. The number of rotatable bonds is 3. The molecular formula is C16H7BrClN2O4S2-. The predicted molar refractivity (Wildman–Crippen MR) is 107 cm³/mol. The van der Waals surface area contributed by atoms with E-state index in [1.165, 1.54) is 17.0 Å². The van der Waals surface area contributed by atoms with Crippen LogP contribution >= 0.6 is 51.5 Å². The number of amides is 1. The molecular weight excluding hydrogens is 464 g/mol. The Labute approximate surface area is 170 Å². The van der Waals surface area contributed by atoms with Gasteiger partial charge in [-0.05, 0) is 41.7 Å². The van der Waals surface area contributed by atoms with Crippen molar-refractivity contribution in [3.8, 4) is 5.75 Å². The lowest BCUT2D eigenvalue weighted by atomic mass is 10.1. The van der Waals surface area contributed by atoms with E-state index in [4.69, 9.17) is 23.8 Å². The Balaban J connectivity index is 2.00. The summed E-state index contributed by atoms with van der Waals surface area (Å²) < 4.78 is 0.362. The highest BCUT2D eigenvalue weighted by molar-refractivity contribution is 9.10. The van der Waals surface area contributed by atoms with Crippen LogP contribution in [0.2, 0.25) is 5.02 Å². The molecule has 1 heterocycles. The van der Waals surface area contributed by atoms with Crippen LogP contribution in [0, 0.1) is 10.1 Å². The van der Waals surface area contributed by atoms with E-state index in [-0.39, 0.29) is 15.3 Å². The van der Waals surface area contributed by atoms with Crippen LogP contribution in [0.4, 0.5) is 11.4 Å². The molecule has 1 aliphatic rings. The first kappa shape index (κ1) is 18.8. The van der Waals surface area contributed by atoms with Gasteiger partial charge in [0, 0.05) is 15.6 Å². The normalized spacial score (nSPS) is 15.8. The van der Waals surface area contributed by atoms with Crippen LogP contribution in [0.5, 0.6) is 5.75 Å². The third-order valence-electron chi connectivity index (χ3n) is 3.40. The van der Waals surface area contributed by atoms with E-state index in [9.17, 15) is 20.0 Å². The standard InChI is InChI=1S/C16H8BrClN2O4S2/c17-11-4-8(5-12(14(11)21)20(23)24)6-13-15(22)19(16(25)26-13)10-3-1-2-9(18)7-10/h1-7,21H/p-1/b13-6+. The van der Waals surface area contributed by atoms with Crippen molar-refractivity contribution in [2.24, 2.45) is 0 Å². The van der Waals surface area contributed by atoms with Crippen LogP contribution < -0.4 is 10.0 Å². The maximum Gasteiger partial charge on any atom is 0.270 e. The maximum absolute atomic E-state index is 12.7. The molecule has 0 saturated carbocycles. The molecule has 1 amide bonds. The first-order valence-corrected chi connectivity index (χ1v) is 9.36. The van der Waals surface area contributed by atoms with Crippen molar-refractivity contribution in [1.29, 1.82) is 0 Å². The molecule has 1 aliphatic heterocycles. The molecule has 2 aromatic rings. The predicted octanol–water partition coefficient (Wildman–Crippen LogP) is 4.49. The Kier molecular flexibility index (Phi) is 5.33. The number of hydrogen-bond donors (Lipinski definition) is 0. The van der Waals surface area contributed by atoms with Gasteiger partial charge in [-0.3, -0.25) is 19.8 Å². The highest BCUT2D eigenvalue weighted by atomic mass is 79.9. The molecule has 0 N–H and O–H groups in total. The molecule has 1 saturated heterocycles. The van der Waals surface area contributed by atoms with Gasteiger partial charge < -0.3 is 5.11 Å². The molecule has 0 radical (unpaired) electrons. The van der Waals surface area contributed by atoms with Crippen molar-refractivity contribution < 1.29 is 14.8 Å². The van der Waals surface area contributed by atoms with Gasteiger partial charge in [0.1, 0.15) is 0 Å². The highest BCUT2D eigenvalue weighted by Gasteiger charge is 2.33. The van der Waals surface area contributed by atoms with Gasteiger partial charge >= 0.3 is 0 Å². The Morgan fingerprint density at radius 1 is 1.31 bits per heavy atom. The van der Waals surface area contributed by atoms with Crippen molar-refractivity contribution >= 4 is 79.2 Å². The van der Waals surface area contributed by atoms with Gasteiger partial charge in [0.2, 0.25) is 0 Å². The Morgan fingerprint density at radius 2 is 2.04 bits per heavy atom. The number of carbonyl (C=O) groups excluding carboxylic acids is 1. The van der Waals surface area contributed by atoms with Crippen LogP contribution in [0.3, 0.4) is 0 Å². The van der Waals surface area contributed by atoms with Gasteiger partial charge in [0.25, 0.3) is 11.6 Å². The number of nitro benzene ring substituents is 1. The molecule has 2 aromatic carbocycles. The van der Waals surface area contributed by atoms with E-state index >= 15 is 0 Å². The first-order valence-electron chi connectivity index (χ1n) is 6.96. The Bertz CT molecular complexity index is 996. The molecule has 6 nitrogen and oxygen atoms in total. The maximum atomic E-state index is 12.7. The van der Waals surface area contributed by atoms with Crippen molar-refractivity contribution in [3.63, 3.8) is 0 Å². The summed E-state index contributed by atoms with van der Waals surface area (Å²) in [7, 11) is 0. The molecule has 0 spiro atoms. The third-order valence-corrected chi connectivity index (χ3v) is 5.53. The number of halogens is 2. The second-order valence-electron chi connectivity index (χ2n) is 5.11. The zero-order valence-electron chi connectivity index (χ0n) is 12.6. The lowest BCUT2D eigenvalue weighted by Crippen LogP contribution is -2.27. The number of nitrogens with zero attached hydrogens (tertiary/aromatic N) is 2. The quantitative estimate of drug-likeness (QED) is 0.284. The van der Waals surface area contributed by atoms with Crippen LogP contribution in [-0.2, 0) is 4.79 Å². The summed E-state index contributed by atoms with van der Waals surface area (Å²) in [6.45, 7) is 0. The summed E-state index contributed by atoms with van der Waals surface area (Å²) >= 11 is 15.3. The SMILES string of the molecule is O=C1/C(=C\c2cc(Br)c([O-])c([N+](=O)[O-])c2)SC(=S)N1c1cccc(Cl)c1. The number of benzene rings is 2. The molecule has 3 rings (SSSR count). The molecule has 0 aromatic heterocycles. The lowest BCUT2D eigenvalue weighted by molar-refractivity contribution is -0.398. The summed E-state index contributed by atoms with van der Waals surface area (Å²) in [6.07, 6.45) is 1.46. The molecule has 1 fully saturated rings. The fourth-order valence-electron chi connectivity index (χ4n) is 2.28. The molecule has 132 valence electrons. The van der Waals surface area contributed by atoms with E-state index in [1.54, 1.807) is 24.3 Å². The van der Waals surface area contributed by atoms with Gasteiger partial charge in [0.05, 0.1) is 15.5 Å². The number of hydrogen-bond acceptors (Lipinski definition) is 6. The first-order chi connectivity index (χ1) is 12.3. The van der Waals surface area contributed by atoms with Gasteiger partial charge in [-0.1, -0.05) is 57.6 Å². The minimum atomic E-state index is -0.762. The van der Waals surface area contributed by atoms with Crippen molar-refractivity contribution in [2.45, 2.75) is 0 Å². The summed E-state index contributed by atoms with van der Waals surface area (Å²) in [5.74, 6) is -1.09. The second-order valence-corrected chi connectivity index (χ2v) is 8.07. The van der Waals surface area contributed by atoms with Crippen LogP contribution in [-0.4, -0.2) is 15.2 Å². The molecule has 26 heavy (non-hydrogen) atoms. The van der Waals surface area contributed by atoms with E-state index in [2.05, 4.69) is 15.9 Å². The van der Waals surface area contributed by atoms with Crippen molar-refractivity contribution in [1.82, 2.24) is 0 Å². The van der Waals surface area contributed by atoms with Gasteiger partial charge in [0.15, 0.2) is 4.32 Å². The van der Waals surface area contributed by atoms with E-state index < -0.39 is 16.4 Å². The van der Waals surface area contributed by atoms with Gasteiger partial charge in [-0.15, -0.1) is 0 Å². The van der Waals surface area contributed by atoms with E-state index in [0.29, 0.717) is 20.6 Å². The smallest absolute Gasteiger partial charge is 0.270 e. The van der Waals surface area contributed by atoms with Gasteiger partial charge in [-0.25, -0.2) is 0 Å². The molecule has 0 bridgehead atoms. The Hall–Kier alpha value is -1.94. The minimum absolute atomic E-state index is 0.0447. The zero-order valence-corrected chi connectivity index (χ0v) is 16.6. The second kappa shape index (κ2) is 7.36. The van der Waals surface area contributed by atoms with Crippen molar-refractivity contribution in [2.75, 3.05) is 4.90 Å². The third kappa shape index (κ3) is 3.61. The fourth-order valence-corrected chi connectivity index (χ4v) is 4.23. The molecule has 0 atom stereocenters. The van der Waals surface area contributed by atoms with Gasteiger partial charge in [-0.2, -0.15) is 0 Å². The fraction of sp³-hybridized carbons (Fsp3) is 0. The summed E-state index contributed by atoms with van der Waals surface area (Å²) in [6, 6.07) is 9.24. The molecule has 0 unspecified atom stereocenters. The van der Waals surface area contributed by atoms with E-state index in [1.807, 2.05) is 0 Å². The zero-order chi connectivity index (χ0) is 19.0. The minimum Gasteiger partial charge on any atom is -0.867 e. The average Bonchev–Trinajstić information content (AvgIpc) is 2.84. The number of carbonyl (C=O) groups is 1. The molecule has 0 aliphatic carbocycles. The highest BCUT2D eigenvalue weighted by Crippen LogP contribution is 2.38. The summed E-state index contributed by atoms with van der Waals surface area (Å²) in [4.78, 5) is 24.6. The monoisotopic (exact) mass is 469 g/mol. The number of thiocarbonyl (C=S) groups is 1. The van der Waals surface area contributed by atoms with Crippen molar-refractivity contribution in [3.05, 3.63) is 66.5 Å². The summed E-state index contributed by atoms with van der Waals surface area (Å²) in [5.41, 5.74) is 0.302. The molecule has 10 heteroatoms. The van der Waals surface area contributed by atoms with Crippen LogP contribution in [0.15, 0.2) is 45.8 Å². The Morgan fingerprint density at radius 3 is 2.69 bits per heavy atom. The topological polar surface area (TPSA) is 86.5 Å². The average molecular weight is 471 g/mol. The van der Waals surface area contributed by atoms with Crippen LogP contribution in [0.25, 0.3) is 6.08 Å². The van der Waals surface area contributed by atoms with E-state index in [0.717, 1.165) is 17.8 Å². The summed E-state index contributed by atoms with van der Waals surface area (Å²) in [5, 5.41) is 23.2. The lowest BCUT2D eigenvalue weighted by Gasteiger charge is -2.14. The number of anilines is 1.